The van der Waals surface area contributed by atoms with Crippen molar-refractivity contribution < 1.29 is 0 Å². The maximum Gasteiger partial charge on any atom is 0.109 e. The van der Waals surface area contributed by atoms with Crippen LogP contribution in [-0.2, 0) is 6.54 Å². The highest BCUT2D eigenvalue weighted by Crippen LogP contribution is 2.21. The van der Waals surface area contributed by atoms with Crippen LogP contribution in [0.3, 0.4) is 0 Å². The Morgan fingerprint density at radius 3 is 2.90 bits per heavy atom. The highest BCUT2D eigenvalue weighted by atomic mass is 32.1. The maximum absolute atomic E-state index is 4.49. The first-order valence-electron chi connectivity index (χ1n) is 7.65. The lowest BCUT2D eigenvalue weighted by atomic mass is 10.2. The van der Waals surface area contributed by atoms with E-state index in [4.69, 9.17) is 0 Å². The van der Waals surface area contributed by atoms with Gasteiger partial charge >= 0.3 is 0 Å². The van der Waals surface area contributed by atoms with Crippen molar-refractivity contribution in [3.05, 3.63) is 52.0 Å². The SMILES string of the molecule is Cc1cnc(C(C)NC2CCN(Cc3ccccc3)C2)s1. The molecule has 1 aliphatic rings. The molecule has 4 heteroatoms. The fraction of sp³-hybridized carbons (Fsp3) is 0.471. The third kappa shape index (κ3) is 3.90. The fourth-order valence-corrected chi connectivity index (χ4v) is 3.74. The molecule has 2 atom stereocenters. The molecule has 1 aromatic carbocycles. The highest BCUT2D eigenvalue weighted by Gasteiger charge is 2.24. The largest absolute Gasteiger partial charge is 0.304 e. The zero-order valence-corrected chi connectivity index (χ0v) is 13.6. The molecular formula is C17H23N3S. The minimum atomic E-state index is 0.352. The van der Waals surface area contributed by atoms with Gasteiger partial charge in [-0.3, -0.25) is 4.90 Å². The van der Waals surface area contributed by atoms with Gasteiger partial charge in [-0.1, -0.05) is 30.3 Å². The van der Waals surface area contributed by atoms with E-state index in [2.05, 4.69) is 59.4 Å². The van der Waals surface area contributed by atoms with Gasteiger partial charge in [-0.2, -0.15) is 0 Å². The quantitative estimate of drug-likeness (QED) is 0.917. The van der Waals surface area contributed by atoms with Crippen molar-refractivity contribution in [2.75, 3.05) is 13.1 Å². The summed E-state index contributed by atoms with van der Waals surface area (Å²) in [6.45, 7) is 7.70. The number of nitrogens with zero attached hydrogens (tertiary/aromatic N) is 2. The summed E-state index contributed by atoms with van der Waals surface area (Å²) < 4.78 is 0. The van der Waals surface area contributed by atoms with Crippen molar-refractivity contribution in [2.24, 2.45) is 0 Å². The second-order valence-corrected chi connectivity index (χ2v) is 7.17. The number of aryl methyl sites for hydroxylation is 1. The number of rotatable bonds is 5. The lowest BCUT2D eigenvalue weighted by Gasteiger charge is -2.19. The van der Waals surface area contributed by atoms with Crippen molar-refractivity contribution in [2.45, 2.75) is 38.9 Å². The van der Waals surface area contributed by atoms with Crippen molar-refractivity contribution >= 4 is 11.3 Å². The van der Waals surface area contributed by atoms with Crippen LogP contribution in [0.1, 0.15) is 34.8 Å². The first-order valence-corrected chi connectivity index (χ1v) is 8.47. The summed E-state index contributed by atoms with van der Waals surface area (Å²) in [5.41, 5.74) is 1.40. The van der Waals surface area contributed by atoms with Crippen molar-refractivity contribution in [3.63, 3.8) is 0 Å². The molecule has 2 aromatic rings. The molecule has 112 valence electrons. The van der Waals surface area contributed by atoms with Gasteiger partial charge in [0, 0.05) is 36.8 Å². The van der Waals surface area contributed by atoms with Crippen LogP contribution in [0.5, 0.6) is 0 Å². The van der Waals surface area contributed by atoms with E-state index >= 15 is 0 Å². The number of benzene rings is 1. The second-order valence-electron chi connectivity index (χ2n) is 5.90. The predicted octanol–water partition coefficient (Wildman–Crippen LogP) is 3.38. The first kappa shape index (κ1) is 14.7. The van der Waals surface area contributed by atoms with Gasteiger partial charge in [0.25, 0.3) is 0 Å². The van der Waals surface area contributed by atoms with Crippen molar-refractivity contribution in [1.29, 1.82) is 0 Å². The molecule has 0 bridgehead atoms. The lowest BCUT2D eigenvalue weighted by molar-refractivity contribution is 0.316. The van der Waals surface area contributed by atoms with Gasteiger partial charge < -0.3 is 5.32 Å². The molecular weight excluding hydrogens is 278 g/mol. The Balaban J connectivity index is 1.50. The Bertz CT molecular complexity index is 566. The van der Waals surface area contributed by atoms with E-state index in [1.54, 1.807) is 11.3 Å². The molecule has 21 heavy (non-hydrogen) atoms. The Kier molecular flexibility index (Phi) is 4.68. The summed E-state index contributed by atoms with van der Waals surface area (Å²) in [5, 5.41) is 4.93. The Morgan fingerprint density at radius 1 is 1.38 bits per heavy atom. The Labute approximate surface area is 131 Å². The molecule has 0 spiro atoms. The first-order chi connectivity index (χ1) is 10.2. The zero-order valence-electron chi connectivity index (χ0n) is 12.7. The summed E-state index contributed by atoms with van der Waals surface area (Å²) in [6, 6.07) is 11.7. The standard InChI is InChI=1S/C17H23N3S/c1-13-10-18-17(21-13)14(2)19-16-8-9-20(12-16)11-15-6-4-3-5-7-15/h3-7,10,14,16,19H,8-9,11-12H2,1-2H3. The van der Waals surface area contributed by atoms with Gasteiger partial charge in [-0.15, -0.1) is 11.3 Å². The van der Waals surface area contributed by atoms with Crippen LogP contribution in [0, 0.1) is 6.92 Å². The maximum atomic E-state index is 4.49. The fourth-order valence-electron chi connectivity index (χ4n) is 2.95. The summed E-state index contributed by atoms with van der Waals surface area (Å²) >= 11 is 1.80. The van der Waals surface area contributed by atoms with Gasteiger partial charge in [0.1, 0.15) is 5.01 Å². The van der Waals surface area contributed by atoms with E-state index in [0.29, 0.717) is 12.1 Å². The van der Waals surface area contributed by atoms with E-state index in [0.717, 1.165) is 13.1 Å². The molecule has 1 aliphatic heterocycles. The highest BCUT2D eigenvalue weighted by molar-refractivity contribution is 7.11. The molecule has 3 rings (SSSR count). The molecule has 1 fully saturated rings. The molecule has 1 N–H and O–H groups in total. The van der Waals surface area contributed by atoms with Crippen LogP contribution < -0.4 is 5.32 Å². The normalized spacial score (nSPS) is 20.8. The molecule has 0 aliphatic carbocycles. The molecule has 2 heterocycles. The van der Waals surface area contributed by atoms with Crippen LogP contribution in [0.4, 0.5) is 0 Å². The van der Waals surface area contributed by atoms with E-state index in [1.807, 2.05) is 6.20 Å². The molecule has 1 saturated heterocycles. The topological polar surface area (TPSA) is 28.2 Å². The zero-order chi connectivity index (χ0) is 14.7. The van der Waals surface area contributed by atoms with Gasteiger partial charge in [0.2, 0.25) is 0 Å². The van der Waals surface area contributed by atoms with Crippen LogP contribution in [0.15, 0.2) is 36.5 Å². The van der Waals surface area contributed by atoms with Crippen molar-refractivity contribution in [1.82, 2.24) is 15.2 Å². The van der Waals surface area contributed by atoms with Gasteiger partial charge in [-0.05, 0) is 25.8 Å². The third-order valence-electron chi connectivity index (χ3n) is 4.02. The predicted molar refractivity (Wildman–Crippen MR) is 88.5 cm³/mol. The summed E-state index contributed by atoms with van der Waals surface area (Å²) in [5.74, 6) is 0. The van der Waals surface area contributed by atoms with Crippen LogP contribution >= 0.6 is 11.3 Å². The molecule has 2 unspecified atom stereocenters. The molecule has 0 saturated carbocycles. The number of likely N-dealkylation sites (tertiary alicyclic amines) is 1. The van der Waals surface area contributed by atoms with Gasteiger partial charge in [0.05, 0.1) is 6.04 Å². The number of hydrogen-bond acceptors (Lipinski definition) is 4. The third-order valence-corrected chi connectivity index (χ3v) is 5.11. The van der Waals surface area contributed by atoms with Crippen LogP contribution in [-0.4, -0.2) is 29.0 Å². The van der Waals surface area contributed by atoms with E-state index < -0.39 is 0 Å². The lowest BCUT2D eigenvalue weighted by Crippen LogP contribution is -2.34. The van der Waals surface area contributed by atoms with E-state index in [9.17, 15) is 0 Å². The van der Waals surface area contributed by atoms with Gasteiger partial charge in [0.15, 0.2) is 0 Å². The molecule has 0 amide bonds. The van der Waals surface area contributed by atoms with E-state index in [-0.39, 0.29) is 0 Å². The number of hydrogen-bond donors (Lipinski definition) is 1. The molecule has 0 radical (unpaired) electrons. The minimum absolute atomic E-state index is 0.352. The molecule has 3 nitrogen and oxygen atoms in total. The summed E-state index contributed by atoms with van der Waals surface area (Å²) in [6.07, 6.45) is 3.19. The smallest absolute Gasteiger partial charge is 0.109 e. The number of thiazole rings is 1. The monoisotopic (exact) mass is 301 g/mol. The van der Waals surface area contributed by atoms with Crippen LogP contribution in [0.2, 0.25) is 0 Å². The van der Waals surface area contributed by atoms with E-state index in [1.165, 1.54) is 28.4 Å². The average Bonchev–Trinajstić information content (AvgIpc) is 3.09. The summed E-state index contributed by atoms with van der Waals surface area (Å²) in [4.78, 5) is 8.31. The van der Waals surface area contributed by atoms with Crippen molar-refractivity contribution in [3.8, 4) is 0 Å². The Hall–Kier alpha value is -1.23. The van der Waals surface area contributed by atoms with Crippen LogP contribution in [0.25, 0.3) is 0 Å². The summed E-state index contributed by atoms with van der Waals surface area (Å²) in [7, 11) is 0. The number of nitrogens with one attached hydrogen (secondary N) is 1. The minimum Gasteiger partial charge on any atom is -0.304 e. The molecule has 1 aromatic heterocycles. The second kappa shape index (κ2) is 6.69. The Morgan fingerprint density at radius 2 is 2.19 bits per heavy atom. The van der Waals surface area contributed by atoms with Gasteiger partial charge in [-0.25, -0.2) is 4.98 Å². The average molecular weight is 301 g/mol. The number of aromatic nitrogens is 1.